The number of hydrogen-bond donors (Lipinski definition) is 1. The summed E-state index contributed by atoms with van der Waals surface area (Å²) in [6, 6.07) is 13.9. The lowest BCUT2D eigenvalue weighted by molar-refractivity contribution is -0.137. The van der Waals surface area contributed by atoms with E-state index in [1.165, 1.54) is 16.7 Å². The highest BCUT2D eigenvalue weighted by atomic mass is 35.5. The van der Waals surface area contributed by atoms with Crippen molar-refractivity contribution < 1.29 is 27.6 Å². The molecular weight excluding hydrogens is 613 g/mol. The largest absolute Gasteiger partial charge is 0.416 e. The van der Waals surface area contributed by atoms with Crippen molar-refractivity contribution in [2.75, 3.05) is 10.2 Å². The summed E-state index contributed by atoms with van der Waals surface area (Å²) in [5, 5.41) is 2.29. The Morgan fingerprint density at radius 2 is 1.79 bits per heavy atom. The number of carbonyl (C=O) groups is 3. The Hall–Kier alpha value is -3.94. The summed E-state index contributed by atoms with van der Waals surface area (Å²) < 4.78 is 40.6. The van der Waals surface area contributed by atoms with Gasteiger partial charge in [-0.15, -0.1) is 0 Å². The highest BCUT2D eigenvalue weighted by Gasteiger charge is 2.56. The molecule has 3 atom stereocenters. The lowest BCUT2D eigenvalue weighted by Gasteiger charge is -2.30. The monoisotopic (exact) mass is 630 g/mol. The maximum atomic E-state index is 13.8. The van der Waals surface area contributed by atoms with Crippen LogP contribution >= 0.6 is 34.7 Å². The Kier molecular flexibility index (Phi) is 7.19. The van der Waals surface area contributed by atoms with Gasteiger partial charge < -0.3 is 5.32 Å². The molecule has 0 radical (unpaired) electrons. The number of rotatable bonds is 5. The van der Waals surface area contributed by atoms with Gasteiger partial charge in [0, 0.05) is 33.9 Å². The molecule has 3 amide bonds. The Bertz CT molecular complexity index is 1780. The van der Waals surface area contributed by atoms with Gasteiger partial charge in [-0.05, 0) is 54.1 Å². The highest BCUT2D eigenvalue weighted by molar-refractivity contribution is 8.00. The fourth-order valence-corrected chi connectivity index (χ4v) is 8.04. The smallest absolute Gasteiger partial charge is 0.325 e. The lowest BCUT2D eigenvalue weighted by atomic mass is 9.84. The molecule has 0 aliphatic carbocycles. The van der Waals surface area contributed by atoms with E-state index in [4.69, 9.17) is 11.6 Å². The fourth-order valence-electron chi connectivity index (χ4n) is 5.14. The van der Waals surface area contributed by atoms with Crippen LogP contribution in [0.2, 0.25) is 5.02 Å². The van der Waals surface area contributed by atoms with Crippen LogP contribution < -0.4 is 15.1 Å². The van der Waals surface area contributed by atoms with Gasteiger partial charge in [-0.1, -0.05) is 46.8 Å². The molecule has 2 aliphatic rings. The van der Waals surface area contributed by atoms with Crippen LogP contribution in [-0.4, -0.2) is 32.5 Å². The number of pyridine rings is 1. The number of thiazole rings is 1. The number of thioether (sulfide) groups is 1. The van der Waals surface area contributed by atoms with Crippen molar-refractivity contribution >= 4 is 63.8 Å². The second-order valence-corrected chi connectivity index (χ2v) is 12.1. The zero-order chi connectivity index (χ0) is 29.8. The summed E-state index contributed by atoms with van der Waals surface area (Å²) in [5.74, 6) is -3.18. The Morgan fingerprint density at radius 3 is 2.48 bits per heavy atom. The summed E-state index contributed by atoms with van der Waals surface area (Å²) in [5.41, 5.74) is -0.0328. The molecule has 2 aromatic heterocycles. The van der Waals surface area contributed by atoms with Crippen LogP contribution in [0.1, 0.15) is 21.9 Å². The fraction of sp³-hybridized carbons (Fsp3) is 0.179. The van der Waals surface area contributed by atoms with Crippen molar-refractivity contribution in [2.45, 2.75) is 28.9 Å². The van der Waals surface area contributed by atoms with Crippen molar-refractivity contribution in [2.24, 2.45) is 5.92 Å². The number of anilines is 2. The topological polar surface area (TPSA) is 101 Å². The molecule has 6 rings (SSSR count). The molecule has 2 unspecified atom stereocenters. The number of aromatic nitrogens is 2. The van der Waals surface area contributed by atoms with Gasteiger partial charge in [-0.2, -0.15) is 13.2 Å². The van der Waals surface area contributed by atoms with E-state index >= 15 is 0 Å². The second-order valence-electron chi connectivity index (χ2n) is 9.57. The number of carbonyl (C=O) groups excluding carboxylic acids is 3. The molecular formula is C28H18ClF3N4O4S2. The molecule has 0 spiro atoms. The number of halogens is 4. The number of hydrogen-bond acceptors (Lipinski definition) is 7. The summed E-state index contributed by atoms with van der Waals surface area (Å²) in [7, 11) is 0. The third-order valence-electron chi connectivity index (χ3n) is 6.95. The van der Waals surface area contributed by atoms with E-state index in [9.17, 15) is 32.3 Å². The first-order valence-electron chi connectivity index (χ1n) is 12.4. The number of benzene rings is 2. The van der Waals surface area contributed by atoms with E-state index in [2.05, 4.69) is 10.3 Å². The number of nitrogens with one attached hydrogen (secondary N) is 1. The predicted molar refractivity (Wildman–Crippen MR) is 152 cm³/mol. The molecule has 0 bridgehead atoms. The summed E-state index contributed by atoms with van der Waals surface area (Å²) in [6.45, 7) is -0.506. The van der Waals surface area contributed by atoms with Gasteiger partial charge in [0.15, 0.2) is 0 Å². The average molecular weight is 631 g/mol. The van der Waals surface area contributed by atoms with E-state index in [-0.39, 0.29) is 5.69 Å². The first kappa shape index (κ1) is 28.2. The van der Waals surface area contributed by atoms with E-state index in [1.54, 1.807) is 48.8 Å². The molecule has 4 aromatic rings. The maximum Gasteiger partial charge on any atom is 0.416 e. The Morgan fingerprint density at radius 1 is 1.02 bits per heavy atom. The standard InChI is InChI=1S/C28H18ClF3N4O4S2/c29-16-6-8-18(9-7-16)36-24(38)21-20(14-3-2-10-33-12-14)23-26(41-22(21)25(36)39)35(27(40)42-23)13-19(37)34-17-5-1-4-15(11-17)28(30,31)32/h1-12,20-22H,13H2,(H,34,37)/t20-,21?,22?/m1/s1. The SMILES string of the molecule is O=C(Cn1c2c(sc1=O)[C@H](c1cccnc1)C1C(=O)N(c3ccc(Cl)cc3)C(=O)C1S2)Nc1cccc(C(F)(F)F)c1. The first-order valence-corrected chi connectivity index (χ1v) is 14.5. The molecule has 0 saturated carbocycles. The number of alkyl halides is 3. The molecule has 42 heavy (non-hydrogen) atoms. The number of nitrogens with zero attached hydrogens (tertiary/aromatic N) is 3. The van der Waals surface area contributed by atoms with Crippen LogP contribution in [-0.2, 0) is 27.1 Å². The van der Waals surface area contributed by atoms with Crippen molar-refractivity contribution in [3.05, 3.63) is 104 Å². The van der Waals surface area contributed by atoms with Crippen LogP contribution in [0.5, 0.6) is 0 Å². The van der Waals surface area contributed by atoms with Gasteiger partial charge in [0.2, 0.25) is 17.7 Å². The number of imide groups is 1. The average Bonchev–Trinajstić information content (AvgIpc) is 3.40. The van der Waals surface area contributed by atoms with Crippen LogP contribution in [0.3, 0.4) is 0 Å². The molecule has 8 nitrogen and oxygen atoms in total. The molecule has 4 heterocycles. The van der Waals surface area contributed by atoms with Crippen LogP contribution in [0.15, 0.2) is 82.9 Å². The van der Waals surface area contributed by atoms with E-state index in [1.807, 2.05) is 0 Å². The van der Waals surface area contributed by atoms with E-state index in [0.717, 1.165) is 40.1 Å². The molecule has 1 N–H and O–H groups in total. The second kappa shape index (κ2) is 10.7. The van der Waals surface area contributed by atoms with Gasteiger partial charge in [-0.25, -0.2) is 4.90 Å². The van der Waals surface area contributed by atoms with Gasteiger partial charge >= 0.3 is 11.0 Å². The van der Waals surface area contributed by atoms with Crippen LogP contribution in [0, 0.1) is 5.92 Å². The first-order chi connectivity index (χ1) is 20.0. The summed E-state index contributed by atoms with van der Waals surface area (Å²) in [4.78, 5) is 58.9. The number of amides is 3. The molecule has 2 aliphatic heterocycles. The van der Waals surface area contributed by atoms with Crippen molar-refractivity contribution in [3.63, 3.8) is 0 Å². The van der Waals surface area contributed by atoms with Gasteiger partial charge in [-0.3, -0.25) is 28.7 Å². The minimum absolute atomic E-state index is 0.0805. The van der Waals surface area contributed by atoms with Crippen LogP contribution in [0.25, 0.3) is 0 Å². The maximum absolute atomic E-state index is 13.8. The van der Waals surface area contributed by atoms with E-state index < -0.39 is 58.0 Å². The van der Waals surface area contributed by atoms with E-state index in [0.29, 0.717) is 26.2 Å². The zero-order valence-electron chi connectivity index (χ0n) is 21.2. The van der Waals surface area contributed by atoms with Gasteiger partial charge in [0.1, 0.15) is 11.8 Å². The molecule has 2 aromatic carbocycles. The molecule has 1 saturated heterocycles. The Labute approximate surface area is 249 Å². The zero-order valence-corrected chi connectivity index (χ0v) is 23.6. The summed E-state index contributed by atoms with van der Waals surface area (Å²) >= 11 is 7.88. The quantitative estimate of drug-likeness (QED) is 0.296. The van der Waals surface area contributed by atoms with Gasteiger partial charge in [0.25, 0.3) is 0 Å². The molecule has 214 valence electrons. The predicted octanol–water partition coefficient (Wildman–Crippen LogP) is 5.41. The molecule has 14 heteroatoms. The molecule has 1 fully saturated rings. The van der Waals surface area contributed by atoms with Crippen molar-refractivity contribution in [1.82, 2.24) is 9.55 Å². The minimum atomic E-state index is -4.59. The Balaban J connectivity index is 1.36. The summed E-state index contributed by atoms with van der Waals surface area (Å²) in [6.07, 6.45) is -1.46. The normalized spacial score (nSPS) is 19.9. The van der Waals surface area contributed by atoms with Crippen LogP contribution in [0.4, 0.5) is 24.5 Å². The third kappa shape index (κ3) is 5.01. The minimum Gasteiger partial charge on any atom is -0.325 e. The van der Waals surface area contributed by atoms with Crippen molar-refractivity contribution in [3.8, 4) is 0 Å². The number of fused-ring (bicyclic) bond motifs is 2. The third-order valence-corrected chi connectivity index (χ3v) is 9.81. The van der Waals surface area contributed by atoms with Gasteiger partial charge in [0.05, 0.1) is 22.2 Å². The highest BCUT2D eigenvalue weighted by Crippen LogP contribution is 2.53. The van der Waals surface area contributed by atoms with Crippen molar-refractivity contribution in [1.29, 1.82) is 0 Å². The lowest BCUT2D eigenvalue weighted by Crippen LogP contribution is -2.33.